The summed E-state index contributed by atoms with van der Waals surface area (Å²) in [6.45, 7) is 5.31. The van der Waals surface area contributed by atoms with Crippen molar-refractivity contribution in [2.75, 3.05) is 5.32 Å². The molecule has 8 heteroatoms. The van der Waals surface area contributed by atoms with E-state index in [1.807, 2.05) is 17.6 Å². The monoisotopic (exact) mass is 418 g/mol. The van der Waals surface area contributed by atoms with Crippen LogP contribution in [0.2, 0.25) is 0 Å². The largest absolute Gasteiger partial charge is 0.321 e. The molecule has 2 aromatic carbocycles. The van der Waals surface area contributed by atoms with Crippen LogP contribution in [0, 0.1) is 48.0 Å². The van der Waals surface area contributed by atoms with Crippen LogP contribution in [0.5, 0.6) is 0 Å². The lowest BCUT2D eigenvalue weighted by Crippen LogP contribution is -2.13. The summed E-state index contributed by atoms with van der Waals surface area (Å²) in [6.07, 6.45) is 1.46. The number of nitrogens with zero attached hydrogens (tertiary/aromatic N) is 3. The number of carbonyl (C=O) groups is 1. The molecule has 1 heterocycles. The minimum absolute atomic E-state index is 0.0125. The van der Waals surface area contributed by atoms with Crippen LogP contribution < -0.4 is 5.32 Å². The lowest BCUT2D eigenvalue weighted by molar-refractivity contribution is -0.385. The van der Waals surface area contributed by atoms with Gasteiger partial charge in [0.25, 0.3) is 11.6 Å². The fraction of sp³-hybridized carbons (Fsp3) is 0.130. The van der Waals surface area contributed by atoms with Crippen molar-refractivity contribution in [1.82, 2.24) is 4.57 Å². The second kappa shape index (κ2) is 8.63. The number of nitrogens with one attached hydrogen (secondary N) is 1. The van der Waals surface area contributed by atoms with Gasteiger partial charge in [-0.15, -0.1) is 0 Å². The Morgan fingerprint density at radius 3 is 2.45 bits per heavy atom. The summed E-state index contributed by atoms with van der Waals surface area (Å²) in [6, 6.07) is 13.9. The SMILES string of the molecule is Cc1ccc(-n2c(C)cc(/C=C(\C#N)C(=O)Nc3ccc(F)cc3)c2C)cc1[N+](=O)[O-]. The molecule has 0 aliphatic heterocycles. The molecule has 0 saturated heterocycles. The van der Waals surface area contributed by atoms with Gasteiger partial charge in [0.05, 0.1) is 10.6 Å². The number of hydrogen-bond donors (Lipinski definition) is 1. The number of nitriles is 1. The Kier molecular flexibility index (Phi) is 5.97. The number of carbonyl (C=O) groups excluding carboxylic acids is 1. The predicted molar refractivity (Wildman–Crippen MR) is 115 cm³/mol. The molecule has 1 N–H and O–H groups in total. The molecule has 0 spiro atoms. The average molecular weight is 418 g/mol. The maximum Gasteiger partial charge on any atom is 0.274 e. The van der Waals surface area contributed by atoms with Crippen LogP contribution in [0.15, 0.2) is 54.1 Å². The summed E-state index contributed by atoms with van der Waals surface area (Å²) in [5.41, 5.74) is 3.56. The van der Waals surface area contributed by atoms with E-state index in [9.17, 15) is 24.6 Å². The summed E-state index contributed by atoms with van der Waals surface area (Å²) in [5, 5.41) is 23.3. The van der Waals surface area contributed by atoms with Crippen molar-refractivity contribution in [2.24, 2.45) is 0 Å². The van der Waals surface area contributed by atoms with E-state index in [0.717, 1.165) is 11.4 Å². The first kappa shape index (κ1) is 21.5. The van der Waals surface area contributed by atoms with E-state index in [0.29, 0.717) is 22.5 Å². The Morgan fingerprint density at radius 2 is 1.84 bits per heavy atom. The first-order valence-corrected chi connectivity index (χ1v) is 9.34. The molecule has 0 atom stereocenters. The Labute approximate surface area is 178 Å². The van der Waals surface area contributed by atoms with Crippen LogP contribution in [0.4, 0.5) is 15.8 Å². The van der Waals surface area contributed by atoms with Crippen molar-refractivity contribution in [2.45, 2.75) is 20.8 Å². The second-order valence-corrected chi connectivity index (χ2v) is 7.02. The molecule has 3 aromatic rings. The maximum atomic E-state index is 13.0. The molecular formula is C23H19FN4O3. The smallest absolute Gasteiger partial charge is 0.274 e. The zero-order valence-corrected chi connectivity index (χ0v) is 17.1. The van der Waals surface area contributed by atoms with E-state index in [-0.39, 0.29) is 11.3 Å². The van der Waals surface area contributed by atoms with Gasteiger partial charge >= 0.3 is 0 Å². The molecule has 7 nitrogen and oxygen atoms in total. The zero-order valence-electron chi connectivity index (χ0n) is 17.1. The Morgan fingerprint density at radius 1 is 1.16 bits per heavy atom. The minimum atomic E-state index is -0.620. The Hall–Kier alpha value is -4.25. The highest BCUT2D eigenvalue weighted by Gasteiger charge is 2.17. The van der Waals surface area contributed by atoms with Crippen LogP contribution in [0.25, 0.3) is 11.8 Å². The normalized spacial score (nSPS) is 11.1. The highest BCUT2D eigenvalue weighted by Crippen LogP contribution is 2.27. The van der Waals surface area contributed by atoms with Crippen molar-refractivity contribution in [1.29, 1.82) is 5.26 Å². The molecule has 0 aliphatic carbocycles. The van der Waals surface area contributed by atoms with Gasteiger partial charge in [-0.25, -0.2) is 4.39 Å². The summed E-state index contributed by atoms with van der Waals surface area (Å²) in [7, 11) is 0. The van der Waals surface area contributed by atoms with Crippen molar-refractivity contribution >= 4 is 23.4 Å². The molecule has 0 unspecified atom stereocenters. The molecule has 156 valence electrons. The van der Waals surface area contributed by atoms with E-state index in [2.05, 4.69) is 5.32 Å². The summed E-state index contributed by atoms with van der Waals surface area (Å²) < 4.78 is 14.9. The van der Waals surface area contributed by atoms with Crippen LogP contribution >= 0.6 is 0 Å². The zero-order chi connectivity index (χ0) is 22.7. The van der Waals surface area contributed by atoms with Crippen molar-refractivity contribution in [3.05, 3.63) is 92.6 Å². The number of amides is 1. The van der Waals surface area contributed by atoms with Gasteiger partial charge < -0.3 is 9.88 Å². The molecule has 0 fully saturated rings. The molecule has 0 radical (unpaired) electrons. The highest BCUT2D eigenvalue weighted by molar-refractivity contribution is 6.09. The van der Waals surface area contributed by atoms with Gasteiger partial charge in [0.15, 0.2) is 0 Å². The molecule has 1 aromatic heterocycles. The van der Waals surface area contributed by atoms with E-state index >= 15 is 0 Å². The maximum absolute atomic E-state index is 13.0. The first-order chi connectivity index (χ1) is 14.7. The molecule has 3 rings (SSSR count). The summed E-state index contributed by atoms with van der Waals surface area (Å²) in [5.74, 6) is -1.05. The van der Waals surface area contributed by atoms with E-state index < -0.39 is 16.6 Å². The number of nitro benzene ring substituents is 1. The summed E-state index contributed by atoms with van der Waals surface area (Å²) in [4.78, 5) is 23.4. The number of aryl methyl sites for hydroxylation is 2. The Bertz CT molecular complexity index is 1250. The van der Waals surface area contributed by atoms with E-state index in [1.54, 1.807) is 32.0 Å². The van der Waals surface area contributed by atoms with Crippen LogP contribution in [-0.4, -0.2) is 15.4 Å². The third-order valence-corrected chi connectivity index (χ3v) is 4.88. The fourth-order valence-electron chi connectivity index (χ4n) is 3.30. The minimum Gasteiger partial charge on any atom is -0.321 e. The van der Waals surface area contributed by atoms with E-state index in [1.165, 1.54) is 36.4 Å². The topological polar surface area (TPSA) is 101 Å². The Balaban J connectivity index is 1.97. The third kappa shape index (κ3) is 4.51. The van der Waals surface area contributed by atoms with Crippen molar-refractivity contribution < 1.29 is 14.1 Å². The van der Waals surface area contributed by atoms with Gasteiger partial charge in [-0.2, -0.15) is 5.26 Å². The quantitative estimate of drug-likeness (QED) is 0.273. The lowest BCUT2D eigenvalue weighted by Gasteiger charge is -2.10. The van der Waals surface area contributed by atoms with Crippen LogP contribution in [0.1, 0.15) is 22.5 Å². The number of hydrogen-bond acceptors (Lipinski definition) is 4. The fourth-order valence-corrected chi connectivity index (χ4v) is 3.30. The van der Waals surface area contributed by atoms with Gasteiger partial charge in [-0.1, -0.05) is 6.07 Å². The molecule has 0 aliphatic rings. The molecule has 0 saturated carbocycles. The van der Waals surface area contributed by atoms with Gasteiger partial charge in [-0.3, -0.25) is 14.9 Å². The van der Waals surface area contributed by atoms with Gasteiger partial charge in [0.2, 0.25) is 0 Å². The van der Waals surface area contributed by atoms with Crippen molar-refractivity contribution in [3.63, 3.8) is 0 Å². The van der Waals surface area contributed by atoms with Crippen LogP contribution in [0.3, 0.4) is 0 Å². The number of aromatic nitrogens is 1. The number of halogens is 1. The number of nitro groups is 1. The van der Waals surface area contributed by atoms with Crippen molar-refractivity contribution in [3.8, 4) is 11.8 Å². The standard InChI is InChI=1S/C23H19FN4O3/c1-14-4-9-21(12-22(14)28(30)31)27-15(2)10-17(16(27)3)11-18(13-25)23(29)26-20-7-5-19(24)6-8-20/h4-12H,1-3H3,(H,26,29)/b18-11+. The van der Waals surface area contributed by atoms with E-state index in [4.69, 9.17) is 0 Å². The highest BCUT2D eigenvalue weighted by atomic mass is 19.1. The number of anilines is 1. The molecule has 31 heavy (non-hydrogen) atoms. The third-order valence-electron chi connectivity index (χ3n) is 4.88. The van der Waals surface area contributed by atoms with Crippen LogP contribution in [-0.2, 0) is 4.79 Å². The molecule has 0 bridgehead atoms. The second-order valence-electron chi connectivity index (χ2n) is 7.02. The predicted octanol–water partition coefficient (Wildman–Crippen LogP) is 5.00. The molecular weight excluding hydrogens is 399 g/mol. The van der Waals surface area contributed by atoms with Gasteiger partial charge in [-0.05, 0) is 68.8 Å². The summed E-state index contributed by atoms with van der Waals surface area (Å²) >= 11 is 0. The lowest BCUT2D eigenvalue weighted by atomic mass is 10.1. The number of rotatable bonds is 5. The number of benzene rings is 2. The first-order valence-electron chi connectivity index (χ1n) is 9.34. The van der Waals surface area contributed by atoms with Gasteiger partial charge in [0, 0.05) is 28.7 Å². The molecule has 1 amide bonds. The average Bonchev–Trinajstić information content (AvgIpc) is 3.01. The van der Waals surface area contributed by atoms with Gasteiger partial charge in [0.1, 0.15) is 17.5 Å².